The summed E-state index contributed by atoms with van der Waals surface area (Å²) in [5.74, 6) is 1.15. The van der Waals surface area contributed by atoms with Crippen LogP contribution in [0, 0.1) is 0 Å². The third-order valence-corrected chi connectivity index (χ3v) is 5.71. The molecular weight excluding hydrogens is 262 g/mol. The van der Waals surface area contributed by atoms with Crippen LogP contribution in [0.25, 0.3) is 5.65 Å². The molecule has 0 unspecified atom stereocenters. The lowest BCUT2D eigenvalue weighted by Crippen LogP contribution is -2.21. The van der Waals surface area contributed by atoms with Gasteiger partial charge in [0.25, 0.3) is 0 Å². The molecule has 2 heterocycles. The van der Waals surface area contributed by atoms with Crippen molar-refractivity contribution in [2.45, 2.75) is 62.4 Å². The lowest BCUT2D eigenvalue weighted by atomic mass is 9.83. The molecule has 0 aliphatic heterocycles. The van der Waals surface area contributed by atoms with Gasteiger partial charge in [0, 0.05) is 29.1 Å². The van der Waals surface area contributed by atoms with Crippen LogP contribution in [-0.2, 0) is 11.8 Å². The Morgan fingerprint density at radius 2 is 2.10 bits per heavy atom. The lowest BCUT2D eigenvalue weighted by molar-refractivity contribution is 0.429. The summed E-state index contributed by atoms with van der Waals surface area (Å²) in [6.07, 6.45) is 10.6. The second-order valence-corrected chi connectivity index (χ2v) is 7.03. The molecule has 5 heteroatoms. The molecule has 1 spiro atoms. The van der Waals surface area contributed by atoms with Crippen LogP contribution in [0.4, 0.5) is 5.82 Å². The van der Waals surface area contributed by atoms with Gasteiger partial charge in [-0.25, -0.2) is 4.98 Å². The highest BCUT2D eigenvalue weighted by atomic mass is 15.3. The average molecular weight is 283 g/mol. The fourth-order valence-electron chi connectivity index (χ4n) is 4.38. The fraction of sp³-hybridized carbons (Fsp3) is 0.625. The van der Waals surface area contributed by atoms with E-state index in [1.54, 1.807) is 0 Å². The predicted octanol–water partition coefficient (Wildman–Crippen LogP) is 2.00. The first kappa shape index (κ1) is 12.0. The van der Waals surface area contributed by atoms with Crippen molar-refractivity contribution in [2.24, 2.45) is 5.73 Å². The molecule has 3 N–H and O–H groups in total. The van der Waals surface area contributed by atoms with Crippen LogP contribution in [0.15, 0.2) is 12.3 Å². The number of hydrogen-bond acceptors (Lipinski definition) is 4. The zero-order valence-electron chi connectivity index (χ0n) is 12.2. The SMILES string of the molecule is N[C@@H]1C[C@H]1Nc1c2c(nc3ccnn13)C1(CCCC1)CC2. The highest BCUT2D eigenvalue weighted by Crippen LogP contribution is 2.51. The fourth-order valence-corrected chi connectivity index (χ4v) is 4.38. The summed E-state index contributed by atoms with van der Waals surface area (Å²) in [5, 5.41) is 8.10. The molecule has 2 atom stereocenters. The van der Waals surface area contributed by atoms with Crippen LogP contribution in [-0.4, -0.2) is 26.7 Å². The van der Waals surface area contributed by atoms with Crippen molar-refractivity contribution in [1.82, 2.24) is 14.6 Å². The standard InChI is InChI=1S/C16H21N5/c17-11-9-12(11)19-15-10-3-7-16(5-1-2-6-16)14(10)20-13-4-8-18-21(13)15/h4,8,11-12,19H,1-3,5-7,9,17H2/t11-,12-/m1/s1. The van der Waals surface area contributed by atoms with Gasteiger partial charge in [-0.2, -0.15) is 9.61 Å². The van der Waals surface area contributed by atoms with Gasteiger partial charge in [0.2, 0.25) is 0 Å². The largest absolute Gasteiger partial charge is 0.365 e. The van der Waals surface area contributed by atoms with Crippen molar-refractivity contribution in [3.63, 3.8) is 0 Å². The zero-order chi connectivity index (χ0) is 14.0. The third kappa shape index (κ3) is 1.61. The predicted molar refractivity (Wildman–Crippen MR) is 81.5 cm³/mol. The molecule has 2 aromatic rings. The van der Waals surface area contributed by atoms with Crippen LogP contribution in [0.2, 0.25) is 0 Å². The van der Waals surface area contributed by atoms with Crippen molar-refractivity contribution in [3.8, 4) is 0 Å². The van der Waals surface area contributed by atoms with Crippen molar-refractivity contribution in [3.05, 3.63) is 23.5 Å². The second-order valence-electron chi connectivity index (χ2n) is 7.03. The molecule has 0 radical (unpaired) electrons. The summed E-state index contributed by atoms with van der Waals surface area (Å²) in [7, 11) is 0. The molecule has 2 aromatic heterocycles. The Labute approximate surface area is 123 Å². The summed E-state index contributed by atoms with van der Waals surface area (Å²) >= 11 is 0. The first-order valence-electron chi connectivity index (χ1n) is 8.16. The van der Waals surface area contributed by atoms with E-state index in [0.29, 0.717) is 17.5 Å². The Morgan fingerprint density at radius 3 is 2.86 bits per heavy atom. The quantitative estimate of drug-likeness (QED) is 0.884. The van der Waals surface area contributed by atoms with E-state index in [1.807, 2.05) is 16.8 Å². The van der Waals surface area contributed by atoms with Crippen molar-refractivity contribution in [2.75, 3.05) is 5.32 Å². The molecule has 0 aromatic carbocycles. The van der Waals surface area contributed by atoms with Gasteiger partial charge in [-0.05, 0) is 32.1 Å². The second kappa shape index (κ2) is 3.97. The minimum absolute atomic E-state index is 0.293. The van der Waals surface area contributed by atoms with Gasteiger partial charge in [-0.15, -0.1) is 0 Å². The van der Waals surface area contributed by atoms with Gasteiger partial charge in [0.05, 0.1) is 11.9 Å². The minimum Gasteiger partial charge on any atom is -0.365 e. The summed E-state index contributed by atoms with van der Waals surface area (Å²) in [5.41, 5.74) is 10.1. The van der Waals surface area contributed by atoms with Crippen molar-refractivity contribution >= 4 is 11.5 Å². The Hall–Kier alpha value is -1.62. The smallest absolute Gasteiger partial charge is 0.157 e. The van der Waals surface area contributed by atoms with Crippen LogP contribution in [0.5, 0.6) is 0 Å². The van der Waals surface area contributed by atoms with Gasteiger partial charge in [0.15, 0.2) is 5.65 Å². The molecule has 2 fully saturated rings. The van der Waals surface area contributed by atoms with Crippen molar-refractivity contribution in [1.29, 1.82) is 0 Å². The van der Waals surface area contributed by atoms with Gasteiger partial charge < -0.3 is 11.1 Å². The molecule has 5 rings (SSSR count). The molecule has 3 aliphatic carbocycles. The highest BCUT2D eigenvalue weighted by Gasteiger charge is 2.45. The van der Waals surface area contributed by atoms with E-state index >= 15 is 0 Å². The molecule has 3 aliphatic rings. The zero-order valence-corrected chi connectivity index (χ0v) is 12.2. The first-order chi connectivity index (χ1) is 10.3. The van der Waals surface area contributed by atoms with Gasteiger partial charge in [-0.3, -0.25) is 0 Å². The molecule has 21 heavy (non-hydrogen) atoms. The van der Waals surface area contributed by atoms with Crippen molar-refractivity contribution < 1.29 is 0 Å². The van der Waals surface area contributed by atoms with Crippen LogP contribution >= 0.6 is 0 Å². The number of aromatic nitrogens is 3. The number of nitrogens with zero attached hydrogens (tertiary/aromatic N) is 3. The average Bonchev–Trinajstić information content (AvgIpc) is 2.98. The number of nitrogens with one attached hydrogen (secondary N) is 1. The summed E-state index contributed by atoms with van der Waals surface area (Å²) in [6, 6.07) is 2.71. The van der Waals surface area contributed by atoms with E-state index in [4.69, 9.17) is 10.7 Å². The topological polar surface area (TPSA) is 68.2 Å². The maximum absolute atomic E-state index is 5.99. The van der Waals surface area contributed by atoms with E-state index < -0.39 is 0 Å². The third-order valence-electron chi connectivity index (χ3n) is 5.71. The van der Waals surface area contributed by atoms with Gasteiger partial charge in [0.1, 0.15) is 5.82 Å². The Balaban J connectivity index is 1.69. The monoisotopic (exact) mass is 283 g/mol. The summed E-state index contributed by atoms with van der Waals surface area (Å²) in [4.78, 5) is 4.99. The number of nitrogens with two attached hydrogens (primary N) is 1. The summed E-state index contributed by atoms with van der Waals surface area (Å²) in [6.45, 7) is 0. The normalized spacial score (nSPS) is 29.2. The van der Waals surface area contributed by atoms with Gasteiger partial charge in [-0.1, -0.05) is 12.8 Å². The highest BCUT2D eigenvalue weighted by molar-refractivity contribution is 5.60. The number of fused-ring (bicyclic) bond motifs is 3. The van der Waals surface area contributed by atoms with E-state index in [9.17, 15) is 0 Å². The van der Waals surface area contributed by atoms with Crippen LogP contribution in [0.1, 0.15) is 49.8 Å². The van der Waals surface area contributed by atoms with E-state index in [0.717, 1.165) is 24.3 Å². The van der Waals surface area contributed by atoms with E-state index in [-0.39, 0.29) is 0 Å². The number of rotatable bonds is 2. The Morgan fingerprint density at radius 1 is 1.29 bits per heavy atom. The van der Waals surface area contributed by atoms with E-state index in [2.05, 4.69) is 10.4 Å². The van der Waals surface area contributed by atoms with Gasteiger partial charge >= 0.3 is 0 Å². The Bertz CT molecular complexity index is 713. The maximum atomic E-state index is 5.99. The minimum atomic E-state index is 0.293. The lowest BCUT2D eigenvalue weighted by Gasteiger charge is -2.23. The molecule has 110 valence electrons. The van der Waals surface area contributed by atoms with E-state index in [1.165, 1.54) is 43.4 Å². The molecule has 2 saturated carbocycles. The Kier molecular flexibility index (Phi) is 2.27. The first-order valence-corrected chi connectivity index (χ1v) is 8.16. The molecule has 0 amide bonds. The number of hydrogen-bond donors (Lipinski definition) is 2. The molecular formula is C16H21N5. The maximum Gasteiger partial charge on any atom is 0.157 e. The van der Waals surface area contributed by atoms with Crippen LogP contribution < -0.4 is 11.1 Å². The molecule has 0 bridgehead atoms. The molecule has 5 nitrogen and oxygen atoms in total. The number of anilines is 1. The molecule has 0 saturated heterocycles. The summed E-state index contributed by atoms with van der Waals surface area (Å²) < 4.78 is 1.97. The van der Waals surface area contributed by atoms with Crippen LogP contribution in [0.3, 0.4) is 0 Å².